The molecule has 2 aromatic carbocycles. The molecule has 0 aliphatic rings. The van der Waals surface area contributed by atoms with Crippen molar-refractivity contribution in [2.75, 3.05) is 0 Å². The molecule has 0 heterocycles. The molecule has 0 spiro atoms. The Balaban J connectivity index is 2.03. The standard InChI is InChI=1S/C16H16ClFO/c1-11-3-2-4-12(7-11)8-15(19)9-13-5-6-14(18)10-16(13)17/h2-7,10,15,19H,8-9H2,1H3. The molecule has 19 heavy (non-hydrogen) atoms. The highest BCUT2D eigenvalue weighted by Gasteiger charge is 2.10. The van der Waals surface area contributed by atoms with Gasteiger partial charge in [0.05, 0.1) is 6.10 Å². The van der Waals surface area contributed by atoms with E-state index in [1.54, 1.807) is 6.07 Å². The van der Waals surface area contributed by atoms with Crippen molar-refractivity contribution >= 4 is 11.6 Å². The van der Waals surface area contributed by atoms with E-state index in [0.29, 0.717) is 17.9 Å². The summed E-state index contributed by atoms with van der Waals surface area (Å²) in [6, 6.07) is 12.3. The fourth-order valence-electron chi connectivity index (χ4n) is 2.12. The lowest BCUT2D eigenvalue weighted by Gasteiger charge is -2.12. The molecule has 3 heteroatoms. The zero-order chi connectivity index (χ0) is 13.8. The molecule has 0 aliphatic heterocycles. The SMILES string of the molecule is Cc1cccc(CC(O)Cc2ccc(F)cc2Cl)c1. The van der Waals surface area contributed by atoms with E-state index in [2.05, 4.69) is 6.07 Å². The molecule has 0 saturated heterocycles. The second-order valence-corrected chi connectivity index (χ2v) is 5.19. The number of rotatable bonds is 4. The third-order valence-corrected chi connectivity index (χ3v) is 3.38. The Kier molecular flexibility index (Phi) is 4.56. The van der Waals surface area contributed by atoms with E-state index in [4.69, 9.17) is 11.6 Å². The highest BCUT2D eigenvalue weighted by atomic mass is 35.5. The van der Waals surface area contributed by atoms with Gasteiger partial charge < -0.3 is 5.11 Å². The molecular weight excluding hydrogens is 263 g/mol. The van der Waals surface area contributed by atoms with Crippen LogP contribution < -0.4 is 0 Å². The second-order valence-electron chi connectivity index (χ2n) is 4.79. The molecule has 0 fully saturated rings. The van der Waals surface area contributed by atoms with Crippen molar-refractivity contribution in [2.24, 2.45) is 0 Å². The van der Waals surface area contributed by atoms with Crippen molar-refractivity contribution in [3.05, 3.63) is 70.0 Å². The van der Waals surface area contributed by atoms with Crippen LogP contribution >= 0.6 is 11.6 Å². The first kappa shape index (κ1) is 14.0. The molecule has 0 radical (unpaired) electrons. The van der Waals surface area contributed by atoms with Crippen LogP contribution in [0.3, 0.4) is 0 Å². The van der Waals surface area contributed by atoms with Gasteiger partial charge in [-0.05, 0) is 36.6 Å². The quantitative estimate of drug-likeness (QED) is 0.898. The molecule has 1 nitrogen and oxygen atoms in total. The van der Waals surface area contributed by atoms with Crippen molar-refractivity contribution in [3.63, 3.8) is 0 Å². The Hall–Kier alpha value is -1.38. The molecule has 100 valence electrons. The van der Waals surface area contributed by atoms with Crippen molar-refractivity contribution in [3.8, 4) is 0 Å². The smallest absolute Gasteiger partial charge is 0.124 e. The number of hydrogen-bond donors (Lipinski definition) is 1. The maximum Gasteiger partial charge on any atom is 0.124 e. The Bertz CT molecular complexity index is 568. The topological polar surface area (TPSA) is 20.2 Å². The predicted octanol–water partition coefficient (Wildman–Crippen LogP) is 3.93. The lowest BCUT2D eigenvalue weighted by atomic mass is 10.0. The minimum Gasteiger partial charge on any atom is -0.392 e. The summed E-state index contributed by atoms with van der Waals surface area (Å²) >= 11 is 5.95. The summed E-state index contributed by atoms with van der Waals surface area (Å²) in [6.07, 6.45) is 0.465. The highest BCUT2D eigenvalue weighted by Crippen LogP contribution is 2.20. The molecule has 1 unspecified atom stereocenters. The van der Waals surface area contributed by atoms with Gasteiger partial charge in [0, 0.05) is 11.4 Å². The molecular formula is C16H16ClFO. The predicted molar refractivity (Wildman–Crippen MR) is 76.0 cm³/mol. The van der Waals surface area contributed by atoms with Crippen molar-refractivity contribution < 1.29 is 9.50 Å². The van der Waals surface area contributed by atoms with E-state index in [-0.39, 0.29) is 5.82 Å². The molecule has 0 bridgehead atoms. The van der Waals surface area contributed by atoms with Gasteiger partial charge in [-0.2, -0.15) is 0 Å². The average molecular weight is 279 g/mol. The van der Waals surface area contributed by atoms with Gasteiger partial charge in [0.25, 0.3) is 0 Å². The Morgan fingerprint density at radius 1 is 1.16 bits per heavy atom. The van der Waals surface area contributed by atoms with Crippen LogP contribution in [0.25, 0.3) is 0 Å². The summed E-state index contributed by atoms with van der Waals surface area (Å²) in [5.74, 6) is -0.359. The van der Waals surface area contributed by atoms with E-state index in [0.717, 1.165) is 11.1 Å². The van der Waals surface area contributed by atoms with Gasteiger partial charge in [0.15, 0.2) is 0 Å². The fraction of sp³-hybridized carbons (Fsp3) is 0.250. The van der Waals surface area contributed by atoms with Gasteiger partial charge in [0.1, 0.15) is 5.82 Å². The number of aliphatic hydroxyl groups is 1. The lowest BCUT2D eigenvalue weighted by Crippen LogP contribution is -2.14. The molecule has 1 N–H and O–H groups in total. The molecule has 0 aromatic heterocycles. The summed E-state index contributed by atoms with van der Waals surface area (Å²) in [6.45, 7) is 2.02. The molecule has 1 atom stereocenters. The Morgan fingerprint density at radius 3 is 2.63 bits per heavy atom. The summed E-state index contributed by atoms with van der Waals surface area (Å²) < 4.78 is 12.9. The maximum absolute atomic E-state index is 12.9. The summed E-state index contributed by atoms with van der Waals surface area (Å²) in [5, 5.41) is 10.5. The molecule has 0 amide bonds. The Morgan fingerprint density at radius 2 is 1.95 bits per heavy atom. The van der Waals surface area contributed by atoms with Gasteiger partial charge >= 0.3 is 0 Å². The van der Waals surface area contributed by atoms with Gasteiger partial charge in [-0.25, -0.2) is 4.39 Å². The normalized spacial score (nSPS) is 12.4. The third-order valence-electron chi connectivity index (χ3n) is 3.02. The largest absolute Gasteiger partial charge is 0.392 e. The fourth-order valence-corrected chi connectivity index (χ4v) is 2.37. The summed E-state index contributed by atoms with van der Waals surface area (Å²) in [4.78, 5) is 0. The van der Waals surface area contributed by atoms with Gasteiger partial charge in [-0.3, -0.25) is 0 Å². The molecule has 0 saturated carbocycles. The minimum atomic E-state index is -0.523. The first-order chi connectivity index (χ1) is 9.04. The van der Waals surface area contributed by atoms with Crippen LogP contribution in [0.15, 0.2) is 42.5 Å². The number of hydrogen-bond acceptors (Lipinski definition) is 1. The van der Waals surface area contributed by atoms with Gasteiger partial charge in [0.2, 0.25) is 0 Å². The first-order valence-corrected chi connectivity index (χ1v) is 6.60. The first-order valence-electron chi connectivity index (χ1n) is 6.22. The van der Waals surface area contributed by atoms with Crippen LogP contribution in [-0.2, 0) is 12.8 Å². The number of halogens is 2. The lowest BCUT2D eigenvalue weighted by molar-refractivity contribution is 0.175. The molecule has 2 aromatic rings. The monoisotopic (exact) mass is 278 g/mol. The number of benzene rings is 2. The zero-order valence-electron chi connectivity index (χ0n) is 10.7. The Labute approximate surface area is 117 Å². The van der Waals surface area contributed by atoms with Crippen LogP contribution in [0.1, 0.15) is 16.7 Å². The van der Waals surface area contributed by atoms with E-state index in [1.807, 2.05) is 25.1 Å². The summed E-state index contributed by atoms with van der Waals surface area (Å²) in [5.41, 5.74) is 3.03. The van der Waals surface area contributed by atoms with E-state index in [1.165, 1.54) is 17.7 Å². The highest BCUT2D eigenvalue weighted by molar-refractivity contribution is 6.31. The molecule has 2 rings (SSSR count). The average Bonchev–Trinajstić information content (AvgIpc) is 2.33. The minimum absolute atomic E-state index is 0.359. The van der Waals surface area contributed by atoms with Gasteiger partial charge in [-0.15, -0.1) is 0 Å². The summed E-state index contributed by atoms with van der Waals surface area (Å²) in [7, 11) is 0. The third kappa shape index (κ3) is 4.05. The van der Waals surface area contributed by atoms with Crippen molar-refractivity contribution in [2.45, 2.75) is 25.9 Å². The van der Waals surface area contributed by atoms with Crippen LogP contribution in [0.5, 0.6) is 0 Å². The van der Waals surface area contributed by atoms with E-state index < -0.39 is 6.10 Å². The van der Waals surface area contributed by atoms with E-state index >= 15 is 0 Å². The van der Waals surface area contributed by atoms with Crippen LogP contribution in [0, 0.1) is 12.7 Å². The number of aliphatic hydroxyl groups excluding tert-OH is 1. The van der Waals surface area contributed by atoms with Crippen molar-refractivity contribution in [1.29, 1.82) is 0 Å². The molecule has 0 aliphatic carbocycles. The second kappa shape index (κ2) is 6.18. The van der Waals surface area contributed by atoms with Gasteiger partial charge in [-0.1, -0.05) is 47.5 Å². The van der Waals surface area contributed by atoms with Crippen LogP contribution in [0.4, 0.5) is 4.39 Å². The number of aryl methyl sites for hydroxylation is 1. The van der Waals surface area contributed by atoms with Crippen molar-refractivity contribution in [1.82, 2.24) is 0 Å². The van der Waals surface area contributed by atoms with E-state index in [9.17, 15) is 9.50 Å². The zero-order valence-corrected chi connectivity index (χ0v) is 11.5. The van der Waals surface area contributed by atoms with Crippen LogP contribution in [0.2, 0.25) is 5.02 Å². The maximum atomic E-state index is 12.9. The van der Waals surface area contributed by atoms with Crippen LogP contribution in [-0.4, -0.2) is 11.2 Å².